The quantitative estimate of drug-likeness (QED) is 0.790. The highest BCUT2D eigenvalue weighted by molar-refractivity contribution is 7.10. The van der Waals surface area contributed by atoms with Crippen LogP contribution in [-0.4, -0.2) is 60.4 Å². The van der Waals surface area contributed by atoms with Gasteiger partial charge in [0.15, 0.2) is 0 Å². The third-order valence-electron chi connectivity index (χ3n) is 5.70. The molecule has 2 atom stereocenters. The highest BCUT2D eigenvalue weighted by atomic mass is 32.1. The zero-order valence-electron chi connectivity index (χ0n) is 16.3. The molecule has 0 unspecified atom stereocenters. The zero-order chi connectivity index (χ0) is 18.8. The van der Waals surface area contributed by atoms with E-state index in [0.29, 0.717) is 12.0 Å². The first-order valence-corrected chi connectivity index (χ1v) is 10.8. The molecule has 2 aromatic rings. The fourth-order valence-electron chi connectivity index (χ4n) is 4.46. The van der Waals surface area contributed by atoms with Gasteiger partial charge in [-0.05, 0) is 62.0 Å². The van der Waals surface area contributed by atoms with Crippen LogP contribution in [0.1, 0.15) is 33.6 Å². The molecule has 3 aliphatic rings. The molecule has 0 aliphatic carbocycles. The molecule has 3 saturated heterocycles. The smallest absolute Gasteiger partial charge is 0.253 e. The fourth-order valence-corrected chi connectivity index (χ4v) is 5.36. The monoisotopic (exact) mass is 383 g/mol. The Bertz CT molecular complexity index is 773. The topological polar surface area (TPSA) is 26.8 Å². The number of amides is 1. The van der Waals surface area contributed by atoms with E-state index < -0.39 is 0 Å². The van der Waals surface area contributed by atoms with Crippen LogP contribution in [0.4, 0.5) is 0 Å². The molecule has 0 spiro atoms. The Balaban J connectivity index is 1.44. The number of fused-ring (bicyclic) bond motifs is 4. The molecule has 5 rings (SSSR count). The number of rotatable bonds is 5. The predicted octanol–water partition coefficient (Wildman–Crippen LogP) is 3.55. The van der Waals surface area contributed by atoms with Gasteiger partial charge in [-0.1, -0.05) is 18.2 Å². The van der Waals surface area contributed by atoms with Crippen molar-refractivity contribution in [3.63, 3.8) is 0 Å². The minimum absolute atomic E-state index is 0.193. The van der Waals surface area contributed by atoms with Crippen LogP contribution in [0.15, 0.2) is 41.8 Å². The van der Waals surface area contributed by atoms with Gasteiger partial charge in [0.25, 0.3) is 5.91 Å². The van der Waals surface area contributed by atoms with Crippen molar-refractivity contribution in [2.24, 2.45) is 5.92 Å². The molecule has 1 aromatic heterocycles. The van der Waals surface area contributed by atoms with Crippen LogP contribution in [0.3, 0.4) is 0 Å². The lowest BCUT2D eigenvalue weighted by Crippen LogP contribution is -2.43. The molecule has 144 valence electrons. The SMILES string of the molecule is CN(C)Cc1csc(CN2C[C@H]3CC[C@@H]2CN(C(=O)c2ccccc2)C3)c1. The normalized spacial score (nSPS) is 23.0. The lowest BCUT2D eigenvalue weighted by atomic mass is 9.95. The van der Waals surface area contributed by atoms with Gasteiger partial charge in [0.05, 0.1) is 0 Å². The summed E-state index contributed by atoms with van der Waals surface area (Å²) in [6, 6.07) is 12.6. The molecular formula is C22H29N3OS. The zero-order valence-corrected chi connectivity index (χ0v) is 17.1. The molecule has 27 heavy (non-hydrogen) atoms. The van der Waals surface area contributed by atoms with Crippen LogP contribution in [0.2, 0.25) is 0 Å². The van der Waals surface area contributed by atoms with Crippen LogP contribution in [0, 0.1) is 5.92 Å². The van der Waals surface area contributed by atoms with Crippen LogP contribution >= 0.6 is 11.3 Å². The van der Waals surface area contributed by atoms with E-state index in [1.165, 1.54) is 23.3 Å². The maximum Gasteiger partial charge on any atom is 0.253 e. The summed E-state index contributed by atoms with van der Waals surface area (Å²) in [6.45, 7) is 4.90. The lowest BCUT2D eigenvalue weighted by Gasteiger charge is -2.35. The van der Waals surface area contributed by atoms with E-state index in [4.69, 9.17) is 0 Å². The minimum Gasteiger partial charge on any atom is -0.337 e. The van der Waals surface area contributed by atoms with Crippen molar-refractivity contribution in [2.75, 3.05) is 33.7 Å². The van der Waals surface area contributed by atoms with E-state index in [1.807, 2.05) is 41.7 Å². The highest BCUT2D eigenvalue weighted by Gasteiger charge is 2.36. The first kappa shape index (κ1) is 18.7. The van der Waals surface area contributed by atoms with Gasteiger partial charge >= 0.3 is 0 Å². The number of hydrogen-bond donors (Lipinski definition) is 0. The number of nitrogens with zero attached hydrogens (tertiary/aromatic N) is 3. The molecule has 5 heteroatoms. The van der Waals surface area contributed by atoms with Crippen molar-refractivity contribution < 1.29 is 4.79 Å². The Kier molecular flexibility index (Phi) is 5.62. The Morgan fingerprint density at radius 2 is 1.96 bits per heavy atom. The summed E-state index contributed by atoms with van der Waals surface area (Å²) < 4.78 is 0. The Labute approximate surface area is 166 Å². The standard InChI is InChI=1S/C22H29N3OS/c1-23(2)11-18-10-21(27-16-18)15-24-12-17-8-9-20(24)14-25(13-17)22(26)19-6-4-3-5-7-19/h3-7,10,16-17,20H,8-9,11-15H2,1-2H3/t17-,20-/m1/s1. The van der Waals surface area contributed by atoms with E-state index in [2.05, 4.69) is 40.2 Å². The van der Waals surface area contributed by atoms with Crippen molar-refractivity contribution in [2.45, 2.75) is 32.0 Å². The number of carbonyl (C=O) groups excluding carboxylic acids is 1. The summed E-state index contributed by atoms with van der Waals surface area (Å²) >= 11 is 1.87. The number of hydrogen-bond acceptors (Lipinski definition) is 4. The first-order valence-electron chi connectivity index (χ1n) is 9.88. The fraction of sp³-hybridized carbons (Fsp3) is 0.500. The number of benzene rings is 1. The molecule has 3 fully saturated rings. The number of thiophene rings is 1. The number of carbonyl (C=O) groups is 1. The molecule has 1 aromatic carbocycles. The van der Waals surface area contributed by atoms with Crippen LogP contribution < -0.4 is 0 Å². The maximum absolute atomic E-state index is 12.9. The average Bonchev–Trinajstić information content (AvgIpc) is 2.89. The second-order valence-corrected chi connectivity index (χ2v) is 9.26. The van der Waals surface area contributed by atoms with Crippen molar-refractivity contribution in [1.29, 1.82) is 0 Å². The summed E-state index contributed by atoms with van der Waals surface area (Å²) in [4.78, 5) is 21.3. The summed E-state index contributed by atoms with van der Waals surface area (Å²) in [7, 11) is 4.23. The van der Waals surface area contributed by atoms with Gasteiger partial charge in [0.1, 0.15) is 0 Å². The molecule has 1 amide bonds. The molecule has 2 bridgehead atoms. The second kappa shape index (κ2) is 8.13. The first-order chi connectivity index (χ1) is 13.1. The molecular weight excluding hydrogens is 354 g/mol. The molecule has 4 heterocycles. The summed E-state index contributed by atoms with van der Waals surface area (Å²) in [5, 5.41) is 2.29. The minimum atomic E-state index is 0.193. The van der Waals surface area contributed by atoms with E-state index in [0.717, 1.165) is 38.3 Å². The van der Waals surface area contributed by atoms with E-state index in [9.17, 15) is 4.79 Å². The second-order valence-electron chi connectivity index (χ2n) is 8.26. The molecule has 3 aliphatic heterocycles. The van der Waals surface area contributed by atoms with Crippen LogP contribution in [-0.2, 0) is 13.1 Å². The summed E-state index contributed by atoms with van der Waals surface area (Å²) in [5.41, 5.74) is 2.22. The van der Waals surface area contributed by atoms with Gasteiger partial charge in [-0.3, -0.25) is 9.69 Å². The predicted molar refractivity (Wildman–Crippen MR) is 111 cm³/mol. The highest BCUT2D eigenvalue weighted by Crippen LogP contribution is 2.31. The molecule has 0 N–H and O–H groups in total. The van der Waals surface area contributed by atoms with Crippen molar-refractivity contribution >= 4 is 17.2 Å². The lowest BCUT2D eigenvalue weighted by molar-refractivity contribution is 0.0736. The van der Waals surface area contributed by atoms with Gasteiger partial charge < -0.3 is 9.80 Å². The van der Waals surface area contributed by atoms with E-state index >= 15 is 0 Å². The Morgan fingerprint density at radius 3 is 2.74 bits per heavy atom. The maximum atomic E-state index is 12.9. The van der Waals surface area contributed by atoms with Gasteiger partial charge in [0.2, 0.25) is 0 Å². The molecule has 0 saturated carbocycles. The van der Waals surface area contributed by atoms with Gasteiger partial charge in [-0.15, -0.1) is 11.3 Å². The Morgan fingerprint density at radius 1 is 1.15 bits per heavy atom. The van der Waals surface area contributed by atoms with E-state index in [-0.39, 0.29) is 5.91 Å². The molecule has 4 nitrogen and oxygen atoms in total. The Hall–Kier alpha value is -1.69. The summed E-state index contributed by atoms with van der Waals surface area (Å²) in [6.07, 6.45) is 2.45. The third kappa shape index (κ3) is 4.42. The van der Waals surface area contributed by atoms with Crippen molar-refractivity contribution in [3.05, 3.63) is 57.8 Å². The van der Waals surface area contributed by atoms with Crippen LogP contribution in [0.5, 0.6) is 0 Å². The van der Waals surface area contributed by atoms with Crippen molar-refractivity contribution in [3.8, 4) is 0 Å². The van der Waals surface area contributed by atoms with Crippen LogP contribution in [0.25, 0.3) is 0 Å². The van der Waals surface area contributed by atoms with E-state index in [1.54, 1.807) is 0 Å². The van der Waals surface area contributed by atoms with Gasteiger partial charge in [0, 0.05) is 49.2 Å². The summed E-state index contributed by atoms with van der Waals surface area (Å²) in [5.74, 6) is 0.788. The third-order valence-corrected chi connectivity index (χ3v) is 6.67. The average molecular weight is 384 g/mol. The van der Waals surface area contributed by atoms with Gasteiger partial charge in [-0.2, -0.15) is 0 Å². The number of piperidine rings is 1. The molecule has 0 radical (unpaired) electrons. The van der Waals surface area contributed by atoms with Gasteiger partial charge in [-0.25, -0.2) is 0 Å². The largest absolute Gasteiger partial charge is 0.337 e. The van der Waals surface area contributed by atoms with Crippen molar-refractivity contribution in [1.82, 2.24) is 14.7 Å².